The third-order valence-corrected chi connectivity index (χ3v) is 11.7. The van der Waals surface area contributed by atoms with E-state index in [9.17, 15) is 0 Å². The molecule has 0 aliphatic heterocycles. The van der Waals surface area contributed by atoms with Crippen LogP contribution in [0.5, 0.6) is 0 Å². The maximum absolute atomic E-state index is 4.21. The molecular formula is C39H34S. The van der Waals surface area contributed by atoms with Crippen LogP contribution in [0.25, 0.3) is 28.3 Å². The van der Waals surface area contributed by atoms with Crippen LogP contribution in [0.4, 0.5) is 0 Å². The first-order valence-corrected chi connectivity index (χ1v) is 15.6. The van der Waals surface area contributed by atoms with Gasteiger partial charge in [0, 0.05) is 14.7 Å². The number of hydrogen-bond acceptors (Lipinski definition) is 0. The summed E-state index contributed by atoms with van der Waals surface area (Å²) in [5, 5.41) is 0. The van der Waals surface area contributed by atoms with E-state index >= 15 is 0 Å². The van der Waals surface area contributed by atoms with E-state index in [-0.39, 0.29) is 0 Å². The summed E-state index contributed by atoms with van der Waals surface area (Å²) < 4.78 is 0. The number of rotatable bonds is 7. The van der Waals surface area contributed by atoms with Crippen molar-refractivity contribution in [3.05, 3.63) is 168 Å². The molecule has 196 valence electrons. The third kappa shape index (κ3) is 4.68. The van der Waals surface area contributed by atoms with Crippen molar-refractivity contribution in [2.24, 2.45) is 0 Å². The second-order valence-corrected chi connectivity index (χ2v) is 13.3. The van der Waals surface area contributed by atoms with Crippen molar-refractivity contribution in [2.45, 2.75) is 34.5 Å². The van der Waals surface area contributed by atoms with E-state index in [1.165, 1.54) is 47.4 Å². The van der Waals surface area contributed by atoms with Crippen LogP contribution in [0.3, 0.4) is 0 Å². The number of hydrogen-bond donors (Lipinski definition) is 0. The summed E-state index contributed by atoms with van der Waals surface area (Å²) in [6.07, 6.45) is 11.3. The van der Waals surface area contributed by atoms with Crippen molar-refractivity contribution >= 4 is 16.1 Å². The van der Waals surface area contributed by atoms with E-state index < -0.39 is 10.0 Å². The van der Waals surface area contributed by atoms with Crippen LogP contribution < -0.4 is 0 Å². The van der Waals surface area contributed by atoms with Crippen LogP contribution in [0.15, 0.2) is 172 Å². The van der Waals surface area contributed by atoms with E-state index in [1.807, 2.05) is 6.08 Å². The minimum atomic E-state index is -1.72. The first-order valence-electron chi connectivity index (χ1n) is 13.9. The molecule has 0 heterocycles. The zero-order valence-electron chi connectivity index (χ0n) is 23.0. The van der Waals surface area contributed by atoms with Gasteiger partial charge in [-0.2, -0.15) is 0 Å². The Balaban J connectivity index is 1.65. The van der Waals surface area contributed by atoms with Gasteiger partial charge in [0.15, 0.2) is 0 Å². The molecule has 5 aromatic carbocycles. The van der Waals surface area contributed by atoms with E-state index in [1.54, 1.807) is 0 Å². The van der Waals surface area contributed by atoms with Crippen molar-refractivity contribution in [1.29, 1.82) is 0 Å². The predicted molar refractivity (Wildman–Crippen MR) is 174 cm³/mol. The number of aryl methyl sites for hydroxylation is 1. The van der Waals surface area contributed by atoms with Gasteiger partial charge in [-0.15, -0.1) is 10.0 Å². The molecule has 1 aliphatic carbocycles. The van der Waals surface area contributed by atoms with Gasteiger partial charge in [0.1, 0.15) is 0 Å². The molecule has 0 saturated carbocycles. The van der Waals surface area contributed by atoms with Gasteiger partial charge in [0.25, 0.3) is 0 Å². The molecule has 6 rings (SSSR count). The maximum Gasteiger partial charge on any atom is 0.00294 e. The normalized spacial score (nSPS) is 13.5. The van der Waals surface area contributed by atoms with Crippen LogP contribution in [-0.2, 0) is 0 Å². The topological polar surface area (TPSA) is 0 Å². The van der Waals surface area contributed by atoms with E-state index in [4.69, 9.17) is 0 Å². The Bertz CT molecular complexity index is 1650. The van der Waals surface area contributed by atoms with Gasteiger partial charge in [-0.05, 0) is 101 Å². The van der Waals surface area contributed by atoms with Crippen LogP contribution >= 0.6 is 10.0 Å². The van der Waals surface area contributed by atoms with Crippen molar-refractivity contribution in [2.75, 3.05) is 0 Å². The smallest absolute Gasteiger partial charge is 0.00294 e. The Morgan fingerprint density at radius 3 is 1.85 bits per heavy atom. The Morgan fingerprint density at radius 1 is 0.600 bits per heavy atom. The summed E-state index contributed by atoms with van der Waals surface area (Å²) in [6.45, 7) is 6.42. The molecule has 0 N–H and O–H groups in total. The summed E-state index contributed by atoms with van der Waals surface area (Å²) >= 11 is 0. The average molecular weight is 535 g/mol. The molecule has 0 aromatic heterocycles. The Labute approximate surface area is 240 Å². The standard InChI is InChI=1S/C39H34S/c1-3-31-26-27-37(29-39(31)38-28-33(25-24-30(38)2)32-16-8-4-9-17-32)40(34-18-10-5-11-19-34,35-20-12-6-13-21-35)36-22-14-7-15-23-36/h3-6,8-14,16-29H,1,7,15H2,2H3. The molecule has 0 atom stereocenters. The summed E-state index contributed by atoms with van der Waals surface area (Å²) in [7, 11) is -1.72. The molecule has 1 heteroatoms. The lowest BCUT2D eigenvalue weighted by Crippen LogP contribution is -2.08. The maximum atomic E-state index is 4.21. The quantitative estimate of drug-likeness (QED) is 0.195. The largest absolute Gasteiger partial charge is 0.133 e. The molecule has 0 fully saturated rings. The molecule has 1 aliphatic rings. The lowest BCUT2D eigenvalue weighted by atomic mass is 9.92. The van der Waals surface area contributed by atoms with Gasteiger partial charge in [0.2, 0.25) is 0 Å². The molecule has 40 heavy (non-hydrogen) atoms. The average Bonchev–Trinajstić information content (AvgIpc) is 3.04. The molecule has 0 saturated heterocycles. The second kappa shape index (κ2) is 11.4. The van der Waals surface area contributed by atoms with Crippen molar-refractivity contribution in [1.82, 2.24) is 0 Å². The van der Waals surface area contributed by atoms with E-state index in [0.717, 1.165) is 18.4 Å². The number of benzene rings is 5. The monoisotopic (exact) mass is 534 g/mol. The first kappa shape index (κ1) is 25.9. The van der Waals surface area contributed by atoms with Gasteiger partial charge in [-0.3, -0.25) is 0 Å². The van der Waals surface area contributed by atoms with Crippen LogP contribution in [-0.4, -0.2) is 0 Å². The van der Waals surface area contributed by atoms with Crippen LogP contribution in [0.1, 0.15) is 24.0 Å². The summed E-state index contributed by atoms with van der Waals surface area (Å²) in [5.41, 5.74) is 7.35. The minimum absolute atomic E-state index is 1.07. The van der Waals surface area contributed by atoms with Gasteiger partial charge >= 0.3 is 0 Å². The lowest BCUT2D eigenvalue weighted by Gasteiger charge is -2.43. The van der Waals surface area contributed by atoms with E-state index in [2.05, 4.69) is 159 Å². The molecule has 0 unspecified atom stereocenters. The zero-order valence-corrected chi connectivity index (χ0v) is 23.8. The van der Waals surface area contributed by atoms with Crippen molar-refractivity contribution in [3.8, 4) is 22.3 Å². The fourth-order valence-electron chi connectivity index (χ4n) is 5.74. The third-order valence-electron chi connectivity index (χ3n) is 7.74. The second-order valence-electron chi connectivity index (χ2n) is 10.2. The Morgan fingerprint density at radius 2 is 1.25 bits per heavy atom. The summed E-state index contributed by atoms with van der Waals surface area (Å²) in [6, 6.07) is 46.7. The molecule has 0 nitrogen and oxygen atoms in total. The molecule has 0 radical (unpaired) electrons. The van der Waals surface area contributed by atoms with Crippen LogP contribution in [0.2, 0.25) is 0 Å². The highest BCUT2D eigenvalue weighted by Crippen LogP contribution is 2.74. The summed E-state index contributed by atoms with van der Waals surface area (Å²) in [4.78, 5) is 5.45. The van der Waals surface area contributed by atoms with Gasteiger partial charge < -0.3 is 0 Å². The van der Waals surface area contributed by atoms with Gasteiger partial charge in [0.05, 0.1) is 0 Å². The fraction of sp³-hybridized carbons (Fsp3) is 0.0769. The highest BCUT2D eigenvalue weighted by atomic mass is 32.3. The lowest BCUT2D eigenvalue weighted by molar-refractivity contribution is 1.03. The molecule has 0 bridgehead atoms. The minimum Gasteiger partial charge on any atom is -0.133 e. The summed E-state index contributed by atoms with van der Waals surface area (Å²) in [5.74, 6) is 0. The highest BCUT2D eigenvalue weighted by molar-refractivity contribution is 8.37. The molecule has 0 spiro atoms. The van der Waals surface area contributed by atoms with E-state index in [0.29, 0.717) is 0 Å². The van der Waals surface area contributed by atoms with Crippen molar-refractivity contribution in [3.63, 3.8) is 0 Å². The highest BCUT2D eigenvalue weighted by Gasteiger charge is 2.34. The number of allylic oxidation sites excluding steroid dienone is 3. The Kier molecular flexibility index (Phi) is 7.40. The Hall–Kier alpha value is -4.33. The molecule has 0 amide bonds. The van der Waals surface area contributed by atoms with Gasteiger partial charge in [-0.1, -0.05) is 116 Å². The first-order chi connectivity index (χ1) is 19.7. The zero-order chi connectivity index (χ0) is 27.4. The molecule has 5 aromatic rings. The van der Waals surface area contributed by atoms with Crippen LogP contribution in [0, 0.1) is 6.92 Å². The fourth-order valence-corrected chi connectivity index (χ4v) is 9.74. The van der Waals surface area contributed by atoms with Gasteiger partial charge in [-0.25, -0.2) is 0 Å². The van der Waals surface area contributed by atoms with Crippen molar-refractivity contribution < 1.29 is 0 Å². The molecular weight excluding hydrogens is 500 g/mol. The predicted octanol–water partition coefficient (Wildman–Crippen LogP) is 11.5. The SMILES string of the molecule is C=Cc1ccc(S(C2=CCCC=C2)(c2ccccc2)c2ccccc2)cc1-c1cc(-c2ccccc2)ccc1C.